The molecular formula is C22H9F3NO2-. The fraction of sp³-hybridized carbons (Fsp3) is 0.0455. The fourth-order valence-electron chi connectivity index (χ4n) is 1.89. The van der Waals surface area contributed by atoms with Gasteiger partial charge in [-0.25, -0.2) is 4.99 Å². The number of alkyl halides is 3. The number of nitrogens with zero attached hydrogens (tertiary/aromatic N) is 1. The summed E-state index contributed by atoms with van der Waals surface area (Å²) in [6.45, 7) is 0. The predicted molar refractivity (Wildman–Crippen MR) is 97.1 cm³/mol. The van der Waals surface area contributed by atoms with Crippen molar-refractivity contribution in [2.45, 2.75) is 6.18 Å². The van der Waals surface area contributed by atoms with E-state index in [2.05, 4.69) is 46.6 Å². The fourth-order valence-corrected chi connectivity index (χ4v) is 1.89. The summed E-state index contributed by atoms with van der Waals surface area (Å²) >= 11 is 0. The smallest absolute Gasteiger partial charge is 0.403 e. The van der Waals surface area contributed by atoms with Crippen LogP contribution in [0.2, 0.25) is 0 Å². The summed E-state index contributed by atoms with van der Waals surface area (Å²) in [5.41, 5.74) is -0.417. The molecule has 3 nitrogen and oxygen atoms in total. The molecule has 136 valence electrons. The summed E-state index contributed by atoms with van der Waals surface area (Å²) in [5.74, 6) is 11.8. The van der Waals surface area contributed by atoms with Crippen LogP contribution in [-0.4, -0.2) is 11.9 Å². The van der Waals surface area contributed by atoms with Crippen molar-refractivity contribution >= 4 is 11.4 Å². The molecule has 0 aliphatic heterocycles. The second kappa shape index (κ2) is 9.44. The van der Waals surface area contributed by atoms with Crippen LogP contribution in [0.25, 0.3) is 0 Å². The van der Waals surface area contributed by atoms with E-state index in [9.17, 15) is 18.3 Å². The van der Waals surface area contributed by atoms with Gasteiger partial charge in [0, 0.05) is 23.8 Å². The SMILES string of the molecule is C#CC#CC#CC#COC1=CC(=Nc2ccccc2)/C(=C(\[O-])C(F)(F)F)C=C1. The van der Waals surface area contributed by atoms with E-state index in [4.69, 9.17) is 11.2 Å². The van der Waals surface area contributed by atoms with Crippen molar-refractivity contribution in [3.63, 3.8) is 0 Å². The Morgan fingerprint density at radius 3 is 2.36 bits per heavy atom. The molecule has 0 bridgehead atoms. The van der Waals surface area contributed by atoms with Crippen molar-refractivity contribution in [3.05, 3.63) is 65.7 Å². The zero-order chi connectivity index (χ0) is 20.4. The Kier molecular flexibility index (Phi) is 6.76. The quantitative estimate of drug-likeness (QED) is 0.588. The molecule has 0 aromatic heterocycles. The number of benzene rings is 1. The Morgan fingerprint density at radius 2 is 1.68 bits per heavy atom. The molecule has 0 spiro atoms. The third kappa shape index (κ3) is 5.92. The van der Waals surface area contributed by atoms with E-state index in [1.54, 1.807) is 30.3 Å². The maximum absolute atomic E-state index is 12.8. The van der Waals surface area contributed by atoms with Crippen LogP contribution in [0, 0.1) is 48.1 Å². The van der Waals surface area contributed by atoms with Gasteiger partial charge in [-0.05, 0) is 53.4 Å². The molecule has 6 heteroatoms. The lowest BCUT2D eigenvalue weighted by molar-refractivity contribution is -0.360. The summed E-state index contributed by atoms with van der Waals surface area (Å²) in [5, 5.41) is 11.7. The number of hydrogen-bond donors (Lipinski definition) is 0. The maximum Gasteiger partial charge on any atom is 0.403 e. The van der Waals surface area contributed by atoms with Gasteiger partial charge in [0.15, 0.2) is 0 Å². The van der Waals surface area contributed by atoms with Crippen molar-refractivity contribution in [1.82, 2.24) is 0 Å². The van der Waals surface area contributed by atoms with Crippen LogP contribution in [0.5, 0.6) is 0 Å². The van der Waals surface area contributed by atoms with Gasteiger partial charge in [0.25, 0.3) is 0 Å². The van der Waals surface area contributed by atoms with Crippen LogP contribution in [0.3, 0.4) is 0 Å². The Hall–Kier alpha value is -4.26. The molecule has 0 fully saturated rings. The first kappa shape index (κ1) is 20.1. The predicted octanol–water partition coefficient (Wildman–Crippen LogP) is 3.01. The van der Waals surface area contributed by atoms with Gasteiger partial charge >= 0.3 is 6.18 Å². The van der Waals surface area contributed by atoms with Crippen LogP contribution in [0.4, 0.5) is 18.9 Å². The average Bonchev–Trinajstić information content (AvgIpc) is 2.67. The molecule has 1 aromatic rings. The number of ether oxygens (including phenoxy) is 1. The Bertz CT molecular complexity index is 1100. The van der Waals surface area contributed by atoms with Gasteiger partial charge in [-0.15, -0.1) is 6.42 Å². The van der Waals surface area contributed by atoms with E-state index in [0.29, 0.717) is 5.69 Å². The lowest BCUT2D eigenvalue weighted by Gasteiger charge is -2.22. The lowest BCUT2D eigenvalue weighted by Crippen LogP contribution is -2.27. The lowest BCUT2D eigenvalue weighted by atomic mass is 10.0. The topological polar surface area (TPSA) is 44.6 Å². The van der Waals surface area contributed by atoms with E-state index in [1.165, 1.54) is 12.2 Å². The van der Waals surface area contributed by atoms with Crippen molar-refractivity contribution in [2.24, 2.45) is 4.99 Å². The number of hydrogen-bond acceptors (Lipinski definition) is 3. The minimum absolute atomic E-state index is 0.0948. The number of terminal acetylenes is 1. The number of halogens is 3. The Balaban J connectivity index is 2.35. The number of aliphatic imine (C=N–C) groups is 1. The Labute approximate surface area is 159 Å². The Morgan fingerprint density at radius 1 is 1.00 bits per heavy atom. The summed E-state index contributed by atoms with van der Waals surface area (Å²) < 4.78 is 43.6. The highest BCUT2D eigenvalue weighted by molar-refractivity contribution is 6.13. The molecule has 0 saturated carbocycles. The van der Waals surface area contributed by atoms with Gasteiger partial charge in [0.05, 0.1) is 11.4 Å². The molecule has 1 aliphatic carbocycles. The number of para-hydroxylation sites is 1. The summed E-state index contributed by atoms with van der Waals surface area (Å²) in [4.78, 5) is 4.10. The van der Waals surface area contributed by atoms with Crippen molar-refractivity contribution in [1.29, 1.82) is 0 Å². The third-order valence-corrected chi connectivity index (χ3v) is 3.02. The van der Waals surface area contributed by atoms with Gasteiger partial charge in [-0.2, -0.15) is 13.2 Å². The van der Waals surface area contributed by atoms with Crippen molar-refractivity contribution in [2.75, 3.05) is 0 Å². The first-order valence-electron chi connectivity index (χ1n) is 7.56. The summed E-state index contributed by atoms with van der Waals surface area (Å²) in [6, 6.07) is 8.23. The molecule has 0 radical (unpaired) electrons. The van der Waals surface area contributed by atoms with E-state index in [-0.39, 0.29) is 11.5 Å². The highest BCUT2D eigenvalue weighted by atomic mass is 19.4. The minimum atomic E-state index is -5.03. The summed E-state index contributed by atoms with van der Waals surface area (Å²) in [6.07, 6.45) is 5.50. The van der Waals surface area contributed by atoms with Crippen LogP contribution >= 0.6 is 0 Å². The van der Waals surface area contributed by atoms with Gasteiger partial charge < -0.3 is 9.84 Å². The molecule has 1 aromatic carbocycles. The molecule has 1 aliphatic rings. The normalized spacial score (nSPS) is 15.5. The van der Waals surface area contributed by atoms with Crippen molar-refractivity contribution < 1.29 is 23.0 Å². The third-order valence-electron chi connectivity index (χ3n) is 3.02. The van der Waals surface area contributed by atoms with E-state index in [1.807, 2.05) is 0 Å². The van der Waals surface area contributed by atoms with Crippen LogP contribution in [0.1, 0.15) is 0 Å². The monoisotopic (exact) mass is 376 g/mol. The molecule has 0 amide bonds. The van der Waals surface area contributed by atoms with Gasteiger partial charge in [-0.3, -0.25) is 0 Å². The summed E-state index contributed by atoms with van der Waals surface area (Å²) in [7, 11) is 0. The first-order valence-corrected chi connectivity index (χ1v) is 7.56. The molecular weight excluding hydrogens is 367 g/mol. The molecule has 28 heavy (non-hydrogen) atoms. The zero-order valence-corrected chi connectivity index (χ0v) is 14.1. The number of rotatable bonds is 2. The highest BCUT2D eigenvalue weighted by Gasteiger charge is 2.30. The molecule has 0 atom stereocenters. The second-order valence-electron chi connectivity index (χ2n) is 4.93. The standard InChI is InChI=1S/C22H10F3NO2/c1-2-3-4-5-6-10-15-28-18-13-14-19(21(27)22(23,24)25)20(16-18)26-17-11-8-7-9-12-17/h1,7-9,11-14,16,27H/p-1/b21-19-,26-20?. The number of allylic oxidation sites excluding steroid dienone is 5. The van der Waals surface area contributed by atoms with Crippen molar-refractivity contribution in [3.8, 4) is 48.1 Å². The van der Waals surface area contributed by atoms with E-state index in [0.717, 1.165) is 6.08 Å². The van der Waals surface area contributed by atoms with Crippen LogP contribution in [-0.2, 0) is 4.74 Å². The zero-order valence-electron chi connectivity index (χ0n) is 14.1. The maximum atomic E-state index is 12.8. The molecule has 0 saturated heterocycles. The van der Waals surface area contributed by atoms with Crippen LogP contribution < -0.4 is 5.11 Å². The first-order chi connectivity index (χ1) is 13.4. The average molecular weight is 376 g/mol. The highest BCUT2D eigenvalue weighted by Crippen LogP contribution is 2.28. The molecule has 0 heterocycles. The van der Waals surface area contributed by atoms with Gasteiger partial charge in [-0.1, -0.05) is 18.2 Å². The minimum Gasteiger partial charge on any atom is -0.869 e. The van der Waals surface area contributed by atoms with E-state index >= 15 is 0 Å². The van der Waals surface area contributed by atoms with Gasteiger partial charge in [0.1, 0.15) is 11.9 Å². The van der Waals surface area contributed by atoms with E-state index < -0.39 is 17.5 Å². The largest absolute Gasteiger partial charge is 0.869 e. The molecule has 0 unspecified atom stereocenters. The van der Waals surface area contributed by atoms with Crippen LogP contribution in [0.15, 0.2) is 70.6 Å². The second-order valence-corrected chi connectivity index (χ2v) is 4.93. The molecule has 0 N–H and O–H groups in total. The molecule has 2 rings (SSSR count). The van der Waals surface area contributed by atoms with Gasteiger partial charge in [0.2, 0.25) is 0 Å².